The summed E-state index contributed by atoms with van der Waals surface area (Å²) in [6.07, 6.45) is 2.89. The Balaban J connectivity index is 1.61. The molecule has 2 aromatic heterocycles. The number of thiophene rings is 1. The average molecular weight is 325 g/mol. The molecule has 0 unspecified atom stereocenters. The molecule has 1 amide bonds. The predicted octanol–water partition coefficient (Wildman–Crippen LogP) is 1.69. The average Bonchev–Trinajstić information content (AvgIpc) is 3.09. The lowest BCUT2D eigenvalue weighted by Crippen LogP contribution is -2.28. The molecule has 2 heterocycles. The normalized spacial score (nSPS) is 10.5. The smallest absolute Gasteiger partial charge is 0.356 e. The second-order valence-electron chi connectivity index (χ2n) is 4.22. The first kappa shape index (κ1) is 15.6. The van der Waals surface area contributed by atoms with Crippen molar-refractivity contribution in [1.82, 2.24) is 14.9 Å². The lowest BCUT2D eigenvalue weighted by molar-refractivity contribution is -0.118. The molecular weight excluding hydrogens is 310 g/mol. The third kappa shape index (κ3) is 5.24. The number of carbonyl (C=O) groups excluding carboxylic acids is 1. The molecule has 0 aliphatic heterocycles. The lowest BCUT2D eigenvalue weighted by Gasteiger charge is -2.05. The number of aromatic nitrogens is 2. The molecule has 8 heteroatoms. The Morgan fingerprint density at radius 2 is 2.33 bits per heavy atom. The minimum absolute atomic E-state index is 0.00725. The Hall–Kier alpha value is -1.80. The van der Waals surface area contributed by atoms with Crippen LogP contribution in [0.15, 0.2) is 30.0 Å². The molecule has 6 nitrogen and oxygen atoms in total. The number of aromatic carboxylic acids is 1. The number of nitrogens with zero attached hydrogens (tertiary/aromatic N) is 2. The van der Waals surface area contributed by atoms with E-state index in [1.807, 2.05) is 11.4 Å². The van der Waals surface area contributed by atoms with Crippen molar-refractivity contribution in [2.24, 2.45) is 0 Å². The fourth-order valence-electron chi connectivity index (χ4n) is 1.61. The zero-order valence-electron chi connectivity index (χ0n) is 11.2. The van der Waals surface area contributed by atoms with E-state index in [9.17, 15) is 9.59 Å². The van der Waals surface area contributed by atoms with Crippen LogP contribution < -0.4 is 5.32 Å². The van der Waals surface area contributed by atoms with Crippen molar-refractivity contribution in [3.63, 3.8) is 0 Å². The predicted molar refractivity (Wildman–Crippen MR) is 82.7 cm³/mol. The Labute approximate surface area is 130 Å². The van der Waals surface area contributed by atoms with Crippen LogP contribution in [0.4, 0.5) is 0 Å². The van der Waals surface area contributed by atoms with Gasteiger partial charge in [0.2, 0.25) is 5.91 Å². The van der Waals surface area contributed by atoms with Gasteiger partial charge in [-0.1, -0.05) is 6.07 Å². The molecule has 2 N–H and O–H groups in total. The maximum absolute atomic E-state index is 11.6. The topological polar surface area (TPSA) is 84.2 Å². The van der Waals surface area contributed by atoms with E-state index in [1.165, 1.54) is 17.4 Å². The highest BCUT2D eigenvalue weighted by Crippen LogP contribution is 2.16. The van der Waals surface area contributed by atoms with Crippen LogP contribution in [0.1, 0.15) is 15.4 Å². The van der Waals surface area contributed by atoms with Gasteiger partial charge in [-0.05, 0) is 11.4 Å². The largest absolute Gasteiger partial charge is 0.476 e. The van der Waals surface area contributed by atoms with Gasteiger partial charge in [0.15, 0.2) is 5.69 Å². The minimum Gasteiger partial charge on any atom is -0.476 e. The summed E-state index contributed by atoms with van der Waals surface area (Å²) >= 11 is 3.26. The maximum atomic E-state index is 11.6. The number of carbonyl (C=O) groups is 2. The SMILES string of the molecule is O=C(CSCc1cccs1)NCCn1cnc(C(=O)O)c1. The van der Waals surface area contributed by atoms with Crippen LogP contribution in [-0.4, -0.2) is 38.8 Å². The zero-order valence-corrected chi connectivity index (χ0v) is 12.8. The maximum Gasteiger partial charge on any atom is 0.356 e. The summed E-state index contributed by atoms with van der Waals surface area (Å²) in [6.45, 7) is 0.954. The third-order valence-electron chi connectivity index (χ3n) is 2.60. The fourth-order valence-corrected chi connectivity index (χ4v) is 3.31. The molecule has 0 spiro atoms. The Kier molecular flexibility index (Phi) is 5.82. The number of hydrogen-bond donors (Lipinski definition) is 2. The van der Waals surface area contributed by atoms with E-state index in [2.05, 4.69) is 16.4 Å². The highest BCUT2D eigenvalue weighted by Gasteiger charge is 2.06. The number of nitrogens with one attached hydrogen (secondary N) is 1. The first-order chi connectivity index (χ1) is 10.1. The van der Waals surface area contributed by atoms with Crippen molar-refractivity contribution >= 4 is 35.0 Å². The highest BCUT2D eigenvalue weighted by atomic mass is 32.2. The molecule has 0 aromatic carbocycles. The molecule has 2 aromatic rings. The lowest BCUT2D eigenvalue weighted by atomic mass is 10.5. The van der Waals surface area contributed by atoms with Gasteiger partial charge >= 0.3 is 5.97 Å². The molecule has 112 valence electrons. The van der Waals surface area contributed by atoms with Crippen molar-refractivity contribution in [2.75, 3.05) is 12.3 Å². The van der Waals surface area contributed by atoms with E-state index in [4.69, 9.17) is 5.11 Å². The molecule has 0 aliphatic rings. The van der Waals surface area contributed by atoms with Crippen molar-refractivity contribution < 1.29 is 14.7 Å². The van der Waals surface area contributed by atoms with Gasteiger partial charge in [0.1, 0.15) is 0 Å². The van der Waals surface area contributed by atoms with E-state index in [-0.39, 0.29) is 11.6 Å². The summed E-state index contributed by atoms with van der Waals surface area (Å²) < 4.78 is 1.64. The number of carboxylic acid groups (broad SMARTS) is 1. The van der Waals surface area contributed by atoms with Crippen LogP contribution in [-0.2, 0) is 17.1 Å². The molecule has 0 saturated carbocycles. The Morgan fingerprint density at radius 3 is 3.00 bits per heavy atom. The van der Waals surface area contributed by atoms with E-state index < -0.39 is 5.97 Å². The van der Waals surface area contributed by atoms with Gasteiger partial charge in [0, 0.05) is 29.9 Å². The summed E-state index contributed by atoms with van der Waals surface area (Å²) in [5.41, 5.74) is 0.00725. The van der Waals surface area contributed by atoms with E-state index in [0.29, 0.717) is 18.8 Å². The molecule has 21 heavy (non-hydrogen) atoms. The summed E-state index contributed by atoms with van der Waals surface area (Å²) in [7, 11) is 0. The molecular formula is C13H15N3O3S2. The quantitative estimate of drug-likeness (QED) is 0.771. The number of rotatable bonds is 8. The first-order valence-electron chi connectivity index (χ1n) is 6.27. The minimum atomic E-state index is -1.05. The van der Waals surface area contributed by atoms with E-state index >= 15 is 0 Å². The highest BCUT2D eigenvalue weighted by molar-refractivity contribution is 7.99. The number of thioether (sulfide) groups is 1. The molecule has 0 fully saturated rings. The van der Waals surface area contributed by atoms with Crippen LogP contribution in [0, 0.1) is 0 Å². The molecule has 0 saturated heterocycles. The van der Waals surface area contributed by atoms with Crippen molar-refractivity contribution in [1.29, 1.82) is 0 Å². The van der Waals surface area contributed by atoms with Crippen molar-refractivity contribution in [2.45, 2.75) is 12.3 Å². The van der Waals surface area contributed by atoms with Gasteiger partial charge in [0.25, 0.3) is 0 Å². The zero-order chi connectivity index (χ0) is 15.1. The van der Waals surface area contributed by atoms with Crippen LogP contribution in [0.3, 0.4) is 0 Å². The third-order valence-corrected chi connectivity index (χ3v) is 4.64. The molecule has 2 rings (SSSR count). The summed E-state index contributed by atoms with van der Waals surface area (Å²) in [6, 6.07) is 4.05. The van der Waals surface area contributed by atoms with Crippen LogP contribution in [0.5, 0.6) is 0 Å². The molecule has 0 aliphatic carbocycles. The monoisotopic (exact) mass is 325 g/mol. The fraction of sp³-hybridized carbons (Fsp3) is 0.308. The van der Waals surface area contributed by atoms with E-state index in [1.54, 1.807) is 27.7 Å². The van der Waals surface area contributed by atoms with Gasteiger partial charge in [-0.25, -0.2) is 9.78 Å². The van der Waals surface area contributed by atoms with Gasteiger partial charge in [-0.2, -0.15) is 0 Å². The first-order valence-corrected chi connectivity index (χ1v) is 8.30. The van der Waals surface area contributed by atoms with Gasteiger partial charge in [-0.3, -0.25) is 4.79 Å². The summed E-state index contributed by atoms with van der Waals surface area (Å²) in [5.74, 6) is 0.189. The summed E-state index contributed by atoms with van der Waals surface area (Å²) in [5, 5.41) is 13.6. The van der Waals surface area contributed by atoms with Gasteiger partial charge in [-0.15, -0.1) is 23.1 Å². The van der Waals surface area contributed by atoms with Crippen LogP contribution in [0.25, 0.3) is 0 Å². The number of carboxylic acids is 1. The standard InChI is InChI=1S/C13H15N3O3S2/c17-12(8-20-7-10-2-1-5-21-10)14-3-4-16-6-11(13(18)19)15-9-16/h1-2,5-6,9H,3-4,7-8H2,(H,14,17)(H,18,19). The van der Waals surface area contributed by atoms with Crippen molar-refractivity contribution in [3.05, 3.63) is 40.6 Å². The second kappa shape index (κ2) is 7.84. The molecule has 0 radical (unpaired) electrons. The second-order valence-corrected chi connectivity index (χ2v) is 6.24. The number of imidazole rings is 1. The molecule has 0 bridgehead atoms. The van der Waals surface area contributed by atoms with Gasteiger partial charge < -0.3 is 15.0 Å². The van der Waals surface area contributed by atoms with Gasteiger partial charge in [0.05, 0.1) is 12.1 Å². The van der Waals surface area contributed by atoms with Crippen molar-refractivity contribution in [3.8, 4) is 0 Å². The summed E-state index contributed by atoms with van der Waals surface area (Å²) in [4.78, 5) is 27.3. The Bertz CT molecular complexity index is 596. The van der Waals surface area contributed by atoms with Crippen LogP contribution in [0.2, 0.25) is 0 Å². The van der Waals surface area contributed by atoms with E-state index in [0.717, 1.165) is 5.75 Å². The Morgan fingerprint density at radius 1 is 1.48 bits per heavy atom. The molecule has 0 atom stereocenters. The van der Waals surface area contributed by atoms with Crippen LogP contribution >= 0.6 is 23.1 Å². The number of hydrogen-bond acceptors (Lipinski definition) is 5. The number of amides is 1.